The Labute approximate surface area is 205 Å². The highest BCUT2D eigenvalue weighted by atomic mass is 32.2. The molecule has 33 heavy (non-hydrogen) atoms. The van der Waals surface area contributed by atoms with Crippen LogP contribution in [0.15, 0.2) is 21.7 Å². The molecule has 0 unspecified atom stereocenters. The fourth-order valence-corrected chi connectivity index (χ4v) is 7.68. The Hall–Kier alpha value is -1.49. The molecule has 0 bridgehead atoms. The van der Waals surface area contributed by atoms with Gasteiger partial charge in [-0.25, -0.2) is 18.2 Å². The normalized spacial score (nSPS) is 19.6. The highest BCUT2D eigenvalue weighted by Gasteiger charge is 2.30. The molecule has 0 radical (unpaired) electrons. The maximum atomic E-state index is 13.3. The lowest BCUT2D eigenvalue weighted by molar-refractivity contribution is 0.0512. The van der Waals surface area contributed by atoms with Crippen molar-refractivity contribution in [2.45, 2.75) is 70.1 Å². The zero-order valence-corrected chi connectivity index (χ0v) is 22.5. The Morgan fingerprint density at radius 1 is 1.21 bits per heavy atom. The van der Waals surface area contributed by atoms with Gasteiger partial charge in [0.2, 0.25) is 0 Å². The average molecular weight is 514 g/mol. The third-order valence-electron chi connectivity index (χ3n) is 5.76. The Bertz CT molecular complexity index is 1030. The minimum absolute atomic E-state index is 0.332. The van der Waals surface area contributed by atoms with Crippen LogP contribution < -0.4 is 5.32 Å². The number of nitrogens with one attached hydrogen (secondary N) is 1. The van der Waals surface area contributed by atoms with Crippen LogP contribution in [0.1, 0.15) is 58.4 Å². The average Bonchev–Trinajstić information content (AvgIpc) is 3.39. The lowest BCUT2D eigenvalue weighted by Gasteiger charge is -2.32. The number of carbonyl (C=O) groups excluding carboxylic acids is 1. The van der Waals surface area contributed by atoms with Gasteiger partial charge in [0.15, 0.2) is 0 Å². The number of thiophene rings is 1. The van der Waals surface area contributed by atoms with Crippen LogP contribution in [0.25, 0.3) is 10.6 Å². The van der Waals surface area contributed by atoms with Crippen molar-refractivity contribution >= 4 is 38.8 Å². The molecule has 1 N–H and O–H groups in total. The van der Waals surface area contributed by atoms with Crippen molar-refractivity contribution in [3.63, 3.8) is 0 Å². The molecule has 10 heteroatoms. The number of sulfonamides is 1. The number of thiazole rings is 1. The number of nitrogens with zero attached hydrogens (tertiary/aromatic N) is 2. The standard InChI is InChI=1S/C23H35N3O4S3/c1-6-26(33(28,29)21-12-11-20(32-21)19-15-31-16(2)25-19)14-18-9-7-17(8-10-18)13-24-22(27)30-23(3,4)5/h11-12,15,17-18H,6-10,13-14H2,1-5H3,(H,24,27)/t17-,18-. The van der Waals surface area contributed by atoms with E-state index >= 15 is 0 Å². The van der Waals surface area contributed by atoms with Gasteiger partial charge in [-0.15, -0.1) is 22.7 Å². The molecular formula is C23H35N3O4S3. The van der Waals surface area contributed by atoms with E-state index in [1.807, 2.05) is 46.1 Å². The summed E-state index contributed by atoms with van der Waals surface area (Å²) in [6.07, 6.45) is 3.49. The maximum Gasteiger partial charge on any atom is 0.407 e. The second-order valence-electron chi connectivity index (χ2n) is 9.60. The van der Waals surface area contributed by atoms with Gasteiger partial charge in [0.25, 0.3) is 10.0 Å². The van der Waals surface area contributed by atoms with Gasteiger partial charge in [-0.2, -0.15) is 4.31 Å². The van der Waals surface area contributed by atoms with Crippen molar-refractivity contribution in [2.75, 3.05) is 19.6 Å². The fourth-order valence-electron chi connectivity index (χ4n) is 4.05. The largest absolute Gasteiger partial charge is 0.444 e. The second kappa shape index (κ2) is 10.8. The number of rotatable bonds is 8. The molecule has 2 aromatic rings. The number of hydrogen-bond donors (Lipinski definition) is 1. The first-order valence-corrected chi connectivity index (χ1v) is 14.6. The first kappa shape index (κ1) is 26.1. The number of aryl methyl sites for hydroxylation is 1. The van der Waals surface area contributed by atoms with Crippen LogP contribution in [0.2, 0.25) is 0 Å². The van der Waals surface area contributed by atoms with Crippen LogP contribution >= 0.6 is 22.7 Å². The summed E-state index contributed by atoms with van der Waals surface area (Å²) in [5, 5.41) is 5.80. The van der Waals surface area contributed by atoms with E-state index in [-0.39, 0.29) is 6.09 Å². The van der Waals surface area contributed by atoms with E-state index in [0.29, 0.717) is 35.7 Å². The molecule has 7 nitrogen and oxygen atoms in total. The minimum Gasteiger partial charge on any atom is -0.444 e. The van der Waals surface area contributed by atoms with E-state index in [4.69, 9.17) is 4.74 Å². The Morgan fingerprint density at radius 3 is 2.45 bits per heavy atom. The molecule has 1 aliphatic carbocycles. The quantitative estimate of drug-likeness (QED) is 0.502. The van der Waals surface area contributed by atoms with E-state index in [9.17, 15) is 13.2 Å². The molecule has 2 aromatic heterocycles. The first-order valence-electron chi connectivity index (χ1n) is 11.5. The lowest BCUT2D eigenvalue weighted by Crippen LogP contribution is -2.38. The Morgan fingerprint density at radius 2 is 1.88 bits per heavy atom. The molecular weight excluding hydrogens is 478 g/mol. The molecule has 1 aliphatic rings. The molecule has 1 amide bonds. The number of hydrogen-bond acceptors (Lipinski definition) is 7. The fraction of sp³-hybridized carbons (Fsp3) is 0.652. The monoisotopic (exact) mass is 513 g/mol. The van der Waals surface area contributed by atoms with Crippen LogP contribution in [0.5, 0.6) is 0 Å². The summed E-state index contributed by atoms with van der Waals surface area (Å²) in [4.78, 5) is 17.2. The van der Waals surface area contributed by atoms with E-state index < -0.39 is 15.6 Å². The highest BCUT2D eigenvalue weighted by molar-refractivity contribution is 7.91. The van der Waals surface area contributed by atoms with Crippen molar-refractivity contribution < 1.29 is 17.9 Å². The Balaban J connectivity index is 1.53. The molecule has 0 aliphatic heterocycles. The smallest absolute Gasteiger partial charge is 0.407 e. The number of amides is 1. The van der Waals surface area contributed by atoms with Crippen molar-refractivity contribution in [3.8, 4) is 10.6 Å². The molecule has 0 saturated heterocycles. The Kier molecular flexibility index (Phi) is 8.58. The number of carbonyl (C=O) groups is 1. The third-order valence-corrected chi connectivity index (χ3v) is 10.1. The van der Waals surface area contributed by atoms with Gasteiger partial charge < -0.3 is 10.1 Å². The summed E-state index contributed by atoms with van der Waals surface area (Å²) in [6.45, 7) is 11.0. The summed E-state index contributed by atoms with van der Waals surface area (Å²) in [5.74, 6) is 0.736. The van der Waals surface area contributed by atoms with E-state index in [1.165, 1.54) is 11.3 Å². The molecule has 0 spiro atoms. The van der Waals surface area contributed by atoms with Gasteiger partial charge in [-0.05, 0) is 77.3 Å². The molecule has 0 aromatic carbocycles. The first-order chi connectivity index (χ1) is 15.5. The van der Waals surface area contributed by atoms with Gasteiger partial charge in [0.05, 0.1) is 15.6 Å². The number of alkyl carbamates (subject to hydrolysis) is 1. The molecule has 184 valence electrons. The van der Waals surface area contributed by atoms with E-state index in [1.54, 1.807) is 21.7 Å². The molecule has 1 fully saturated rings. The van der Waals surface area contributed by atoms with Crippen molar-refractivity contribution in [2.24, 2.45) is 11.8 Å². The zero-order chi connectivity index (χ0) is 24.2. The van der Waals surface area contributed by atoms with Crippen LogP contribution in [0.4, 0.5) is 4.79 Å². The molecule has 1 saturated carbocycles. The van der Waals surface area contributed by atoms with Gasteiger partial charge in [0.1, 0.15) is 9.81 Å². The zero-order valence-electron chi connectivity index (χ0n) is 20.1. The van der Waals surface area contributed by atoms with Gasteiger partial charge >= 0.3 is 6.09 Å². The molecule has 2 heterocycles. The number of ether oxygens (including phenoxy) is 1. The number of aromatic nitrogens is 1. The van der Waals surface area contributed by atoms with Crippen molar-refractivity contribution in [1.29, 1.82) is 0 Å². The molecule has 3 rings (SSSR count). The van der Waals surface area contributed by atoms with Gasteiger partial charge in [-0.3, -0.25) is 0 Å². The summed E-state index contributed by atoms with van der Waals surface area (Å²) >= 11 is 2.85. The molecule has 0 atom stereocenters. The lowest BCUT2D eigenvalue weighted by atomic mass is 9.82. The SMILES string of the molecule is CCN(C[C@H]1CC[C@H](CNC(=O)OC(C)(C)C)CC1)S(=O)(=O)c1ccc(-c2csc(C)n2)s1. The maximum absolute atomic E-state index is 13.3. The minimum atomic E-state index is -3.53. The van der Waals surface area contributed by atoms with Crippen LogP contribution in [-0.4, -0.2) is 49.0 Å². The summed E-state index contributed by atoms with van der Waals surface area (Å²) < 4.78 is 33.9. The predicted octanol–water partition coefficient (Wildman–Crippen LogP) is 5.52. The summed E-state index contributed by atoms with van der Waals surface area (Å²) in [5.41, 5.74) is 0.338. The van der Waals surface area contributed by atoms with Gasteiger partial charge in [-0.1, -0.05) is 6.92 Å². The van der Waals surface area contributed by atoms with Crippen LogP contribution in [-0.2, 0) is 14.8 Å². The van der Waals surface area contributed by atoms with Crippen LogP contribution in [0, 0.1) is 18.8 Å². The summed E-state index contributed by atoms with van der Waals surface area (Å²) in [7, 11) is -3.53. The topological polar surface area (TPSA) is 88.6 Å². The van der Waals surface area contributed by atoms with Gasteiger partial charge in [0, 0.05) is 25.0 Å². The van der Waals surface area contributed by atoms with Crippen LogP contribution in [0.3, 0.4) is 0 Å². The van der Waals surface area contributed by atoms with Crippen molar-refractivity contribution in [1.82, 2.24) is 14.6 Å². The van der Waals surface area contributed by atoms with E-state index in [0.717, 1.165) is 41.3 Å². The van der Waals surface area contributed by atoms with Crippen molar-refractivity contribution in [3.05, 3.63) is 22.5 Å². The predicted molar refractivity (Wildman–Crippen MR) is 134 cm³/mol. The second-order valence-corrected chi connectivity index (χ2v) is 13.9. The van der Waals surface area contributed by atoms with E-state index in [2.05, 4.69) is 10.3 Å². The summed E-state index contributed by atoms with van der Waals surface area (Å²) in [6, 6.07) is 3.55. The third kappa shape index (κ3) is 7.24. The highest BCUT2D eigenvalue weighted by Crippen LogP contribution is 2.34.